The van der Waals surface area contributed by atoms with E-state index in [0.29, 0.717) is 24.9 Å². The van der Waals surface area contributed by atoms with E-state index >= 15 is 0 Å². The van der Waals surface area contributed by atoms with E-state index in [4.69, 9.17) is 5.26 Å². The molecule has 0 aromatic carbocycles. The van der Waals surface area contributed by atoms with Crippen LogP contribution < -0.4 is 0 Å². The van der Waals surface area contributed by atoms with E-state index in [-0.39, 0.29) is 11.8 Å². The fourth-order valence-electron chi connectivity index (χ4n) is 2.24. The van der Waals surface area contributed by atoms with E-state index in [1.807, 2.05) is 25.6 Å². The van der Waals surface area contributed by atoms with Crippen molar-refractivity contribution in [1.82, 2.24) is 9.80 Å². The van der Waals surface area contributed by atoms with E-state index in [1.165, 1.54) is 0 Å². The van der Waals surface area contributed by atoms with Crippen molar-refractivity contribution >= 4 is 17.7 Å². The van der Waals surface area contributed by atoms with Crippen LogP contribution in [-0.2, 0) is 4.79 Å². The molecule has 1 aliphatic heterocycles. The number of rotatable bonds is 6. The molecule has 4 nitrogen and oxygen atoms in total. The molecule has 2 atom stereocenters. The zero-order chi connectivity index (χ0) is 14.3. The van der Waals surface area contributed by atoms with Gasteiger partial charge >= 0.3 is 0 Å². The van der Waals surface area contributed by atoms with E-state index in [0.717, 1.165) is 25.3 Å². The number of amides is 1. The van der Waals surface area contributed by atoms with Crippen LogP contribution in [0, 0.1) is 17.2 Å². The lowest BCUT2D eigenvalue weighted by atomic mass is 10.2. The van der Waals surface area contributed by atoms with Crippen LogP contribution >= 0.6 is 11.8 Å². The lowest BCUT2D eigenvalue weighted by Crippen LogP contribution is -2.46. The highest BCUT2D eigenvalue weighted by Gasteiger charge is 2.23. The first-order chi connectivity index (χ1) is 9.10. The molecule has 0 unspecified atom stereocenters. The zero-order valence-corrected chi connectivity index (χ0v) is 13.1. The Bertz CT molecular complexity index is 329. The van der Waals surface area contributed by atoms with Gasteiger partial charge in [-0.3, -0.25) is 9.69 Å². The maximum Gasteiger partial charge on any atom is 0.236 e. The molecule has 0 spiro atoms. The number of hydrogen-bond donors (Lipinski definition) is 0. The van der Waals surface area contributed by atoms with Gasteiger partial charge in [0.2, 0.25) is 5.91 Å². The fourth-order valence-corrected chi connectivity index (χ4v) is 3.49. The van der Waals surface area contributed by atoms with Gasteiger partial charge in [0.05, 0.1) is 18.5 Å². The Hall–Kier alpha value is -0.730. The van der Waals surface area contributed by atoms with Crippen molar-refractivity contribution in [2.24, 2.45) is 5.92 Å². The first-order valence-electron chi connectivity index (χ1n) is 7.12. The molecule has 0 bridgehead atoms. The van der Waals surface area contributed by atoms with Gasteiger partial charge in [-0.25, -0.2) is 0 Å². The second kappa shape index (κ2) is 8.44. The first-order valence-corrected chi connectivity index (χ1v) is 8.16. The molecule has 1 rings (SSSR count). The van der Waals surface area contributed by atoms with Crippen LogP contribution in [0.4, 0.5) is 0 Å². The van der Waals surface area contributed by atoms with Crippen LogP contribution in [-0.4, -0.2) is 59.4 Å². The minimum Gasteiger partial charge on any atom is -0.341 e. The largest absolute Gasteiger partial charge is 0.341 e. The summed E-state index contributed by atoms with van der Waals surface area (Å²) in [5, 5.41) is 9.51. The molecule has 0 N–H and O–H groups in total. The minimum atomic E-state index is -0.0933. The van der Waals surface area contributed by atoms with Crippen LogP contribution in [0.15, 0.2) is 0 Å². The summed E-state index contributed by atoms with van der Waals surface area (Å²) in [5.41, 5.74) is 0. The van der Waals surface area contributed by atoms with Crippen molar-refractivity contribution in [1.29, 1.82) is 5.26 Å². The molecule has 5 heteroatoms. The molecule has 0 aliphatic carbocycles. The average molecular weight is 283 g/mol. The van der Waals surface area contributed by atoms with Crippen LogP contribution in [0.2, 0.25) is 0 Å². The zero-order valence-electron chi connectivity index (χ0n) is 12.3. The van der Waals surface area contributed by atoms with Gasteiger partial charge in [0.1, 0.15) is 0 Å². The highest BCUT2D eigenvalue weighted by molar-refractivity contribution is 8.00. The predicted octanol–water partition coefficient (Wildman–Crippen LogP) is 1.82. The number of likely N-dealkylation sites (N-methyl/N-ethyl adjacent to an activating group) is 1. The summed E-state index contributed by atoms with van der Waals surface area (Å²) in [7, 11) is 0. The van der Waals surface area contributed by atoms with Crippen LogP contribution in [0.5, 0.6) is 0 Å². The van der Waals surface area contributed by atoms with Crippen molar-refractivity contribution in [3.05, 3.63) is 0 Å². The van der Waals surface area contributed by atoms with Gasteiger partial charge in [-0.15, -0.1) is 0 Å². The predicted molar refractivity (Wildman–Crippen MR) is 80.0 cm³/mol. The third-order valence-electron chi connectivity index (χ3n) is 3.49. The lowest BCUT2D eigenvalue weighted by molar-refractivity contribution is -0.132. The molecule has 0 radical (unpaired) electrons. The van der Waals surface area contributed by atoms with Crippen molar-refractivity contribution in [3.63, 3.8) is 0 Å². The van der Waals surface area contributed by atoms with Crippen LogP contribution in [0.3, 0.4) is 0 Å². The molecular weight excluding hydrogens is 258 g/mol. The standard InChI is InChI=1S/C14H25N3OS/c1-4-13-10-16(6-7-19-13)11-14(18)17(5-2)9-12(3)8-15/h12-13H,4-7,9-11H2,1-3H3/t12-,13+/m0/s1. The van der Waals surface area contributed by atoms with E-state index in [9.17, 15) is 4.79 Å². The van der Waals surface area contributed by atoms with E-state index < -0.39 is 0 Å². The number of thioether (sulfide) groups is 1. The smallest absolute Gasteiger partial charge is 0.236 e. The maximum atomic E-state index is 12.3. The summed E-state index contributed by atoms with van der Waals surface area (Å²) in [5.74, 6) is 1.18. The summed E-state index contributed by atoms with van der Waals surface area (Å²) in [6.07, 6.45) is 1.16. The third-order valence-corrected chi connectivity index (χ3v) is 4.86. The van der Waals surface area contributed by atoms with Gasteiger partial charge in [-0.05, 0) is 20.3 Å². The van der Waals surface area contributed by atoms with E-state index in [1.54, 1.807) is 4.90 Å². The minimum absolute atomic E-state index is 0.0933. The highest BCUT2D eigenvalue weighted by Crippen LogP contribution is 2.20. The molecule has 0 saturated carbocycles. The number of nitriles is 1. The topological polar surface area (TPSA) is 47.3 Å². The van der Waals surface area contributed by atoms with Gasteiger partial charge in [-0.2, -0.15) is 17.0 Å². The normalized spacial score (nSPS) is 21.7. The second-order valence-corrected chi connectivity index (χ2v) is 6.51. The van der Waals surface area contributed by atoms with Gasteiger partial charge in [0, 0.05) is 37.2 Å². The molecule has 1 aliphatic rings. The molecule has 1 amide bonds. The van der Waals surface area contributed by atoms with Gasteiger partial charge in [0.15, 0.2) is 0 Å². The summed E-state index contributed by atoms with van der Waals surface area (Å²) in [6.45, 7) is 9.79. The Morgan fingerprint density at radius 1 is 1.58 bits per heavy atom. The lowest BCUT2D eigenvalue weighted by Gasteiger charge is -2.33. The fraction of sp³-hybridized carbons (Fsp3) is 0.857. The number of nitrogens with zero attached hydrogens (tertiary/aromatic N) is 3. The molecule has 0 aromatic rings. The van der Waals surface area contributed by atoms with Crippen molar-refractivity contribution in [2.75, 3.05) is 38.5 Å². The SMILES string of the molecule is CC[C@@H]1CN(CC(=O)N(CC)C[C@@H](C)C#N)CCS1. The van der Waals surface area contributed by atoms with Crippen molar-refractivity contribution in [3.8, 4) is 6.07 Å². The van der Waals surface area contributed by atoms with Gasteiger partial charge in [-0.1, -0.05) is 6.92 Å². The van der Waals surface area contributed by atoms with Gasteiger partial charge < -0.3 is 4.90 Å². The second-order valence-electron chi connectivity index (χ2n) is 5.10. The molecule has 0 aromatic heterocycles. The highest BCUT2D eigenvalue weighted by atomic mass is 32.2. The van der Waals surface area contributed by atoms with E-state index in [2.05, 4.69) is 17.9 Å². The van der Waals surface area contributed by atoms with Crippen molar-refractivity contribution in [2.45, 2.75) is 32.4 Å². The molecule has 1 fully saturated rings. The quantitative estimate of drug-likeness (QED) is 0.746. The third kappa shape index (κ3) is 5.42. The molecular formula is C14H25N3OS. The Morgan fingerprint density at radius 2 is 2.32 bits per heavy atom. The Balaban J connectivity index is 2.45. The van der Waals surface area contributed by atoms with Crippen LogP contribution in [0.25, 0.3) is 0 Å². The Morgan fingerprint density at radius 3 is 2.89 bits per heavy atom. The Kier molecular flexibility index (Phi) is 7.25. The summed E-state index contributed by atoms with van der Waals surface area (Å²) in [4.78, 5) is 16.3. The molecule has 19 heavy (non-hydrogen) atoms. The molecule has 108 valence electrons. The summed E-state index contributed by atoms with van der Waals surface area (Å²) < 4.78 is 0. The van der Waals surface area contributed by atoms with Crippen molar-refractivity contribution < 1.29 is 4.79 Å². The number of carbonyl (C=O) groups is 1. The summed E-state index contributed by atoms with van der Waals surface area (Å²) >= 11 is 2.01. The monoisotopic (exact) mass is 283 g/mol. The maximum absolute atomic E-state index is 12.3. The van der Waals surface area contributed by atoms with Crippen LogP contribution in [0.1, 0.15) is 27.2 Å². The average Bonchev–Trinajstić information content (AvgIpc) is 2.44. The Labute approximate surface area is 121 Å². The first kappa shape index (κ1) is 16.3. The number of carbonyl (C=O) groups excluding carboxylic acids is 1. The number of hydrogen-bond acceptors (Lipinski definition) is 4. The van der Waals surface area contributed by atoms with Gasteiger partial charge in [0.25, 0.3) is 0 Å². The molecule has 1 saturated heterocycles. The summed E-state index contributed by atoms with van der Waals surface area (Å²) in [6, 6.07) is 2.19. The molecule has 1 heterocycles.